The number of allylic oxidation sites excluding steroid dienone is 3. The van der Waals surface area contributed by atoms with Crippen LogP contribution in [0.3, 0.4) is 0 Å². The topological polar surface area (TPSA) is 85.5 Å². The molecular weight excluding hydrogens is 447 g/mol. The van der Waals surface area contributed by atoms with Gasteiger partial charge in [0.05, 0.1) is 23.4 Å². The van der Waals surface area contributed by atoms with E-state index in [0.717, 1.165) is 50.4 Å². The first-order chi connectivity index (χ1) is 16.2. The summed E-state index contributed by atoms with van der Waals surface area (Å²) in [5.41, 5.74) is -1.31. The van der Waals surface area contributed by atoms with Gasteiger partial charge in [0.25, 0.3) is 0 Å². The zero-order valence-electron chi connectivity index (χ0n) is 18.6. The van der Waals surface area contributed by atoms with Gasteiger partial charge in [-0.25, -0.2) is 15.0 Å². The third kappa shape index (κ3) is 4.27. The summed E-state index contributed by atoms with van der Waals surface area (Å²) in [5, 5.41) is 3.09. The zero-order valence-corrected chi connectivity index (χ0v) is 18.6. The van der Waals surface area contributed by atoms with Crippen molar-refractivity contribution in [2.24, 2.45) is 20.9 Å². The first kappa shape index (κ1) is 22.5. The van der Waals surface area contributed by atoms with Crippen LogP contribution >= 0.6 is 0 Å². The second-order valence-corrected chi connectivity index (χ2v) is 8.85. The number of carbonyl (C=O) groups is 1. The number of ketones is 1. The van der Waals surface area contributed by atoms with Gasteiger partial charge in [-0.3, -0.25) is 9.79 Å². The number of halogens is 3. The quantitative estimate of drug-likeness (QED) is 0.717. The highest BCUT2D eigenvalue weighted by molar-refractivity contribution is 6.03. The molecule has 4 aliphatic rings. The van der Waals surface area contributed by atoms with E-state index in [1.165, 1.54) is 0 Å². The monoisotopic (exact) mass is 471 g/mol. The van der Waals surface area contributed by atoms with E-state index in [9.17, 15) is 18.0 Å². The summed E-state index contributed by atoms with van der Waals surface area (Å²) in [6.07, 6.45) is 1.72. The van der Waals surface area contributed by atoms with Crippen molar-refractivity contribution < 1.29 is 18.0 Å². The number of nitrogens with one attached hydrogen (secondary N) is 1. The Morgan fingerprint density at radius 1 is 1.18 bits per heavy atom. The van der Waals surface area contributed by atoms with Crippen molar-refractivity contribution in [3.63, 3.8) is 0 Å². The number of nitrogens with zero attached hydrogens (tertiary/aromatic N) is 6. The molecule has 2 atom stereocenters. The number of rotatable bonds is 2. The Morgan fingerprint density at radius 2 is 1.97 bits per heavy atom. The first-order valence-corrected chi connectivity index (χ1v) is 11.1. The van der Waals surface area contributed by atoms with E-state index < -0.39 is 23.3 Å². The third-order valence-corrected chi connectivity index (χ3v) is 6.49. The van der Waals surface area contributed by atoms with Crippen LogP contribution in [0.25, 0.3) is 0 Å². The fraction of sp³-hybridized carbons (Fsp3) is 0.435. The number of likely N-dealkylation sites (N-methyl/N-ethyl adjacent to an activating group) is 1. The van der Waals surface area contributed by atoms with Crippen LogP contribution in [0.4, 0.5) is 24.7 Å². The molecule has 0 bridgehead atoms. The molecule has 0 radical (unpaired) electrons. The Morgan fingerprint density at radius 3 is 2.68 bits per heavy atom. The maximum Gasteiger partial charge on any atom is 0.416 e. The molecule has 0 amide bonds. The minimum atomic E-state index is -4.55. The maximum atomic E-state index is 13.4. The summed E-state index contributed by atoms with van der Waals surface area (Å²) >= 11 is 0. The molecule has 5 rings (SSSR count). The van der Waals surface area contributed by atoms with Gasteiger partial charge in [0.1, 0.15) is 11.6 Å². The highest BCUT2D eigenvalue weighted by Crippen LogP contribution is 2.44. The molecule has 11 heteroatoms. The number of carbonyl (C=O) groups excluding carboxylic acids is 1. The van der Waals surface area contributed by atoms with Gasteiger partial charge in [0.2, 0.25) is 5.96 Å². The summed E-state index contributed by atoms with van der Waals surface area (Å²) in [6.45, 7) is 3.74. The minimum Gasteiger partial charge on any atom is -0.354 e. The lowest BCUT2D eigenvalue weighted by atomic mass is 9.74. The van der Waals surface area contributed by atoms with Gasteiger partial charge >= 0.3 is 6.18 Å². The van der Waals surface area contributed by atoms with E-state index in [1.54, 1.807) is 12.4 Å². The molecular formula is C23H24F3N7O. The van der Waals surface area contributed by atoms with Crippen molar-refractivity contribution in [3.05, 3.63) is 41.6 Å². The molecule has 3 aliphatic heterocycles. The van der Waals surface area contributed by atoms with Crippen molar-refractivity contribution in [1.82, 2.24) is 9.88 Å². The summed E-state index contributed by atoms with van der Waals surface area (Å²) in [7, 11) is 2.09. The number of Topliss-reactive ketones (excluding diaryl/α,β-unsaturated/α-hetero) is 1. The smallest absolute Gasteiger partial charge is 0.354 e. The second-order valence-electron chi connectivity index (χ2n) is 8.85. The number of alkyl halides is 3. The number of hydrogen-bond acceptors (Lipinski definition) is 8. The molecule has 178 valence electrons. The number of anilines is 2. The number of pyridine rings is 1. The van der Waals surface area contributed by atoms with Gasteiger partial charge < -0.3 is 15.1 Å². The van der Waals surface area contributed by atoms with Crippen LogP contribution in [0.15, 0.2) is 56.6 Å². The number of hydrogen-bond donors (Lipinski definition) is 1. The van der Waals surface area contributed by atoms with Gasteiger partial charge in [0, 0.05) is 51.4 Å². The van der Waals surface area contributed by atoms with Crippen LogP contribution in [0.2, 0.25) is 0 Å². The van der Waals surface area contributed by atoms with Gasteiger partial charge in [-0.2, -0.15) is 13.2 Å². The fourth-order valence-electron chi connectivity index (χ4n) is 4.58. The molecule has 1 aromatic heterocycles. The van der Waals surface area contributed by atoms with Gasteiger partial charge in [-0.15, -0.1) is 0 Å². The van der Waals surface area contributed by atoms with Crippen molar-refractivity contribution >= 4 is 35.7 Å². The van der Waals surface area contributed by atoms with E-state index in [1.807, 2.05) is 12.1 Å². The number of guanidine groups is 1. The van der Waals surface area contributed by atoms with Gasteiger partial charge in [0.15, 0.2) is 5.66 Å². The predicted molar refractivity (Wildman–Crippen MR) is 125 cm³/mol. The largest absolute Gasteiger partial charge is 0.416 e. The molecule has 1 N–H and O–H groups in total. The van der Waals surface area contributed by atoms with Crippen LogP contribution in [0.1, 0.15) is 12.8 Å². The number of aromatic nitrogens is 1. The van der Waals surface area contributed by atoms with Gasteiger partial charge in [-0.05, 0) is 36.9 Å². The summed E-state index contributed by atoms with van der Waals surface area (Å²) in [6, 6.07) is 3.78. The lowest BCUT2D eigenvalue weighted by Gasteiger charge is -2.39. The lowest BCUT2D eigenvalue weighted by Crippen LogP contribution is -2.46. The number of piperazine rings is 1. The van der Waals surface area contributed by atoms with Crippen LogP contribution in [-0.4, -0.2) is 79.1 Å². The van der Waals surface area contributed by atoms with E-state index >= 15 is 0 Å². The third-order valence-electron chi connectivity index (χ3n) is 6.49. The molecule has 1 aliphatic carbocycles. The van der Waals surface area contributed by atoms with Crippen LogP contribution < -0.4 is 10.2 Å². The molecule has 2 fully saturated rings. The normalized spacial score (nSPS) is 27.3. The average molecular weight is 471 g/mol. The average Bonchev–Trinajstić information content (AvgIpc) is 2.98. The molecule has 34 heavy (non-hydrogen) atoms. The second kappa shape index (κ2) is 8.46. The lowest BCUT2D eigenvalue weighted by molar-refractivity contribution is -0.120. The molecule has 8 nitrogen and oxygen atoms in total. The van der Waals surface area contributed by atoms with Crippen molar-refractivity contribution in [2.75, 3.05) is 43.4 Å². The van der Waals surface area contributed by atoms with E-state index in [-0.39, 0.29) is 30.2 Å². The summed E-state index contributed by atoms with van der Waals surface area (Å²) in [5.74, 6) is 0.382. The highest BCUT2D eigenvalue weighted by Gasteiger charge is 2.49. The Bertz CT molecular complexity index is 1130. The molecule has 1 saturated carbocycles. The van der Waals surface area contributed by atoms with E-state index in [2.05, 4.69) is 42.1 Å². The van der Waals surface area contributed by atoms with Crippen molar-refractivity contribution in [1.29, 1.82) is 0 Å². The molecule has 1 spiro atoms. The summed E-state index contributed by atoms with van der Waals surface area (Å²) < 4.78 is 40.2. The Hall–Kier alpha value is -3.34. The minimum absolute atomic E-state index is 0.123. The molecule has 1 aromatic rings. The van der Waals surface area contributed by atoms with Crippen molar-refractivity contribution in [3.8, 4) is 0 Å². The summed E-state index contributed by atoms with van der Waals surface area (Å²) in [4.78, 5) is 34.6. The fourth-order valence-corrected chi connectivity index (χ4v) is 4.58. The molecule has 0 aromatic carbocycles. The van der Waals surface area contributed by atoms with Crippen LogP contribution in [-0.2, 0) is 4.79 Å². The van der Waals surface area contributed by atoms with Crippen molar-refractivity contribution in [2.45, 2.75) is 24.7 Å². The zero-order chi connectivity index (χ0) is 23.9. The standard InChI is InChI=1S/C23H24F3N7O/c1-32-6-8-33(9-7-32)20-3-2-18(14-27-20)30-21-28-13-17-12-19(34)11-16-10-15(23(24,25)26)4-5-29-22(16,17)31-21/h2-5,10,13-14,17H,6-9,11-12H2,1H3,(H,30,31). The Kier molecular flexibility index (Phi) is 5.59. The van der Waals surface area contributed by atoms with Crippen LogP contribution in [0, 0.1) is 5.92 Å². The highest BCUT2D eigenvalue weighted by atomic mass is 19.4. The SMILES string of the molecule is CN1CCN(c2ccc(NC3=NC45N=CC=C(C(F)(F)F)C=C4CC(=O)CC5C=N3)cn2)CC1. The maximum absolute atomic E-state index is 13.4. The molecule has 4 heterocycles. The van der Waals surface area contributed by atoms with E-state index in [0.29, 0.717) is 5.69 Å². The Labute approximate surface area is 194 Å². The number of aliphatic imine (C=N–C) groups is 3. The van der Waals surface area contributed by atoms with Gasteiger partial charge in [-0.1, -0.05) is 0 Å². The predicted octanol–water partition coefficient (Wildman–Crippen LogP) is 2.86. The molecule has 1 saturated heterocycles. The van der Waals surface area contributed by atoms with Crippen LogP contribution in [0.5, 0.6) is 0 Å². The first-order valence-electron chi connectivity index (χ1n) is 11.1. The molecule has 2 unspecified atom stereocenters. The Balaban J connectivity index is 1.40. The van der Waals surface area contributed by atoms with E-state index in [4.69, 9.17) is 0 Å².